The lowest BCUT2D eigenvalue weighted by atomic mass is 9.80. The van der Waals surface area contributed by atoms with Gasteiger partial charge in [0.1, 0.15) is 0 Å². The van der Waals surface area contributed by atoms with Crippen molar-refractivity contribution in [1.82, 2.24) is 10.3 Å². The summed E-state index contributed by atoms with van der Waals surface area (Å²) in [6.45, 7) is 5.73. The Balaban J connectivity index is 2.15. The molecule has 3 rings (SSSR count). The monoisotopic (exact) mass is 254 g/mol. The van der Waals surface area contributed by atoms with E-state index in [1.165, 1.54) is 35.7 Å². The average Bonchev–Trinajstić information content (AvgIpc) is 2.87. The Morgan fingerprint density at radius 3 is 2.84 bits per heavy atom. The predicted octanol–water partition coefficient (Wildman–Crippen LogP) is 3.86. The van der Waals surface area contributed by atoms with Crippen LogP contribution in [0.4, 0.5) is 0 Å². The summed E-state index contributed by atoms with van der Waals surface area (Å²) in [7, 11) is 0. The molecule has 2 aromatic rings. The first-order valence-electron chi connectivity index (χ1n) is 7.30. The first-order chi connectivity index (χ1) is 9.21. The minimum atomic E-state index is 0.127. The number of pyridine rings is 1. The molecule has 1 fully saturated rings. The maximum absolute atomic E-state index is 4.64. The van der Waals surface area contributed by atoms with Crippen LogP contribution in [0.2, 0.25) is 0 Å². The minimum Gasteiger partial charge on any atom is -0.307 e. The maximum Gasteiger partial charge on any atom is 0.0752 e. The molecule has 0 aliphatic carbocycles. The van der Waals surface area contributed by atoms with Crippen LogP contribution >= 0.6 is 0 Å². The first-order valence-corrected chi connectivity index (χ1v) is 7.30. The number of hydrogen-bond acceptors (Lipinski definition) is 2. The van der Waals surface area contributed by atoms with Gasteiger partial charge in [-0.1, -0.05) is 38.1 Å². The summed E-state index contributed by atoms with van der Waals surface area (Å²) in [5.74, 6) is 0.685. The highest BCUT2D eigenvalue weighted by molar-refractivity contribution is 5.82. The molecule has 0 saturated carbocycles. The van der Waals surface area contributed by atoms with Crippen molar-refractivity contribution in [3.8, 4) is 0 Å². The zero-order valence-corrected chi connectivity index (χ0v) is 11.8. The lowest BCUT2D eigenvalue weighted by Gasteiger charge is -2.32. The van der Waals surface area contributed by atoms with Crippen LogP contribution in [-0.4, -0.2) is 11.5 Å². The van der Waals surface area contributed by atoms with Crippen molar-refractivity contribution in [3.05, 3.63) is 42.1 Å². The van der Waals surface area contributed by atoms with E-state index in [9.17, 15) is 0 Å². The van der Waals surface area contributed by atoms with Crippen LogP contribution in [0, 0.1) is 5.92 Å². The maximum atomic E-state index is 4.64. The molecule has 0 amide bonds. The largest absolute Gasteiger partial charge is 0.307 e. The van der Waals surface area contributed by atoms with Gasteiger partial charge < -0.3 is 5.32 Å². The van der Waals surface area contributed by atoms with Gasteiger partial charge in [0.05, 0.1) is 5.52 Å². The molecule has 1 aromatic heterocycles. The highest BCUT2D eigenvalue weighted by atomic mass is 15.0. The Morgan fingerprint density at radius 1 is 1.26 bits per heavy atom. The standard InChI is InChI=1S/C17H22N2/c1-13(2)12-17(9-5-11-19-17)15-8-3-6-14-7-4-10-18-16(14)15/h3-4,6-8,10,13,19H,5,9,11-12H2,1-2H3. The van der Waals surface area contributed by atoms with E-state index in [0.29, 0.717) is 5.92 Å². The molecule has 2 heterocycles. The summed E-state index contributed by atoms with van der Waals surface area (Å²) in [5.41, 5.74) is 2.68. The van der Waals surface area contributed by atoms with Gasteiger partial charge in [0.15, 0.2) is 0 Å². The van der Waals surface area contributed by atoms with Gasteiger partial charge in [0, 0.05) is 17.1 Å². The number of nitrogens with one attached hydrogen (secondary N) is 1. The number of benzene rings is 1. The zero-order valence-electron chi connectivity index (χ0n) is 11.8. The van der Waals surface area contributed by atoms with Crippen molar-refractivity contribution in [2.75, 3.05) is 6.54 Å². The Hall–Kier alpha value is -1.41. The molecule has 2 nitrogen and oxygen atoms in total. The molecule has 0 bridgehead atoms. The Bertz CT molecular complexity index is 563. The van der Waals surface area contributed by atoms with Crippen LogP contribution in [0.1, 0.15) is 38.7 Å². The Kier molecular flexibility index (Phi) is 3.28. The molecule has 19 heavy (non-hydrogen) atoms. The van der Waals surface area contributed by atoms with Crippen LogP contribution in [-0.2, 0) is 5.54 Å². The second-order valence-electron chi connectivity index (χ2n) is 6.09. The summed E-state index contributed by atoms with van der Waals surface area (Å²) >= 11 is 0. The molecular formula is C17H22N2. The zero-order chi connectivity index (χ0) is 13.3. The molecular weight excluding hydrogens is 232 g/mol. The molecule has 0 spiro atoms. The first kappa shape index (κ1) is 12.6. The van der Waals surface area contributed by atoms with E-state index in [1.807, 2.05) is 12.3 Å². The smallest absolute Gasteiger partial charge is 0.0752 e. The van der Waals surface area contributed by atoms with E-state index in [-0.39, 0.29) is 5.54 Å². The van der Waals surface area contributed by atoms with Gasteiger partial charge in [-0.05, 0) is 43.4 Å². The number of nitrogens with zero attached hydrogens (tertiary/aromatic N) is 1. The van der Waals surface area contributed by atoms with Gasteiger partial charge in [0.2, 0.25) is 0 Å². The van der Waals surface area contributed by atoms with Gasteiger partial charge in [0.25, 0.3) is 0 Å². The lowest BCUT2D eigenvalue weighted by molar-refractivity contribution is 0.313. The van der Waals surface area contributed by atoms with Crippen molar-refractivity contribution in [2.24, 2.45) is 5.92 Å². The normalized spacial score (nSPS) is 23.3. The van der Waals surface area contributed by atoms with E-state index >= 15 is 0 Å². The summed E-state index contributed by atoms with van der Waals surface area (Å²) < 4.78 is 0. The van der Waals surface area contributed by atoms with Crippen LogP contribution < -0.4 is 5.32 Å². The van der Waals surface area contributed by atoms with Crippen LogP contribution in [0.5, 0.6) is 0 Å². The number of fused-ring (bicyclic) bond motifs is 1. The van der Waals surface area contributed by atoms with E-state index in [0.717, 1.165) is 6.54 Å². The predicted molar refractivity (Wildman–Crippen MR) is 80.1 cm³/mol. The fourth-order valence-corrected chi connectivity index (χ4v) is 3.51. The Labute approximate surface area is 115 Å². The fraction of sp³-hybridized carbons (Fsp3) is 0.471. The minimum absolute atomic E-state index is 0.127. The third-order valence-corrected chi connectivity index (χ3v) is 4.15. The third kappa shape index (κ3) is 2.25. The molecule has 2 heteroatoms. The summed E-state index contributed by atoms with van der Waals surface area (Å²) in [6.07, 6.45) is 5.57. The highest BCUT2D eigenvalue weighted by Crippen LogP contribution is 2.39. The summed E-state index contributed by atoms with van der Waals surface area (Å²) in [4.78, 5) is 4.64. The molecule has 1 aromatic carbocycles. The number of aromatic nitrogens is 1. The van der Waals surface area contributed by atoms with Crippen LogP contribution in [0.25, 0.3) is 10.9 Å². The van der Waals surface area contributed by atoms with Crippen molar-refractivity contribution >= 4 is 10.9 Å². The van der Waals surface area contributed by atoms with Crippen molar-refractivity contribution < 1.29 is 0 Å². The molecule has 1 aliphatic heterocycles. The van der Waals surface area contributed by atoms with Crippen molar-refractivity contribution in [2.45, 2.75) is 38.6 Å². The van der Waals surface area contributed by atoms with Gasteiger partial charge in [-0.15, -0.1) is 0 Å². The van der Waals surface area contributed by atoms with E-state index in [2.05, 4.69) is 48.4 Å². The average molecular weight is 254 g/mol. The van der Waals surface area contributed by atoms with Gasteiger partial charge in [-0.25, -0.2) is 0 Å². The van der Waals surface area contributed by atoms with E-state index < -0.39 is 0 Å². The fourth-order valence-electron chi connectivity index (χ4n) is 3.51. The molecule has 1 saturated heterocycles. The molecule has 1 atom stereocenters. The second-order valence-corrected chi connectivity index (χ2v) is 6.09. The quantitative estimate of drug-likeness (QED) is 0.899. The molecule has 0 radical (unpaired) electrons. The van der Waals surface area contributed by atoms with Crippen molar-refractivity contribution in [1.29, 1.82) is 0 Å². The summed E-state index contributed by atoms with van der Waals surface area (Å²) in [5, 5.41) is 5.02. The Morgan fingerprint density at radius 2 is 2.11 bits per heavy atom. The van der Waals surface area contributed by atoms with Gasteiger partial charge >= 0.3 is 0 Å². The van der Waals surface area contributed by atoms with Crippen molar-refractivity contribution in [3.63, 3.8) is 0 Å². The van der Waals surface area contributed by atoms with Crippen LogP contribution in [0.3, 0.4) is 0 Å². The van der Waals surface area contributed by atoms with E-state index in [1.54, 1.807) is 0 Å². The topological polar surface area (TPSA) is 24.9 Å². The van der Waals surface area contributed by atoms with Crippen LogP contribution in [0.15, 0.2) is 36.5 Å². The number of hydrogen-bond donors (Lipinski definition) is 1. The third-order valence-electron chi connectivity index (χ3n) is 4.15. The van der Waals surface area contributed by atoms with Gasteiger partial charge in [-0.2, -0.15) is 0 Å². The molecule has 1 N–H and O–H groups in total. The number of rotatable bonds is 3. The molecule has 1 aliphatic rings. The lowest BCUT2D eigenvalue weighted by Crippen LogP contribution is -2.38. The highest BCUT2D eigenvalue weighted by Gasteiger charge is 2.37. The number of para-hydroxylation sites is 1. The molecule has 1 unspecified atom stereocenters. The SMILES string of the molecule is CC(C)CC1(c2cccc3cccnc23)CCCN1. The van der Waals surface area contributed by atoms with Gasteiger partial charge in [-0.3, -0.25) is 4.98 Å². The molecule has 100 valence electrons. The second kappa shape index (κ2) is 4.93. The summed E-state index contributed by atoms with van der Waals surface area (Å²) in [6, 6.07) is 10.8. The van der Waals surface area contributed by atoms with E-state index in [4.69, 9.17) is 0 Å².